The lowest BCUT2D eigenvalue weighted by atomic mass is 9.79. The first-order valence-corrected chi connectivity index (χ1v) is 18.8. The summed E-state index contributed by atoms with van der Waals surface area (Å²) in [7, 11) is 7.71. The van der Waals surface area contributed by atoms with E-state index in [0.717, 1.165) is 50.4 Å². The van der Waals surface area contributed by atoms with Gasteiger partial charge in [0.2, 0.25) is 0 Å². The molecule has 8 atom stereocenters. The molecule has 0 aromatic heterocycles. The second-order valence-corrected chi connectivity index (χ2v) is 15.7. The SMILES string of the molecule is COC1CC(O)CCC1CCC1CC=[N+](CCSSCC[N+]2=CCC(CCC3CCC(O)CC3OC)CC2)CC1. The van der Waals surface area contributed by atoms with E-state index in [-0.39, 0.29) is 24.4 Å². The minimum Gasteiger partial charge on any atom is -0.393 e. The summed E-state index contributed by atoms with van der Waals surface area (Å²) in [4.78, 5) is 0. The maximum Gasteiger partial charge on any atom is 0.152 e. The predicted octanol–water partition coefficient (Wildman–Crippen LogP) is 5.27. The summed E-state index contributed by atoms with van der Waals surface area (Å²) in [5.41, 5.74) is 0. The van der Waals surface area contributed by atoms with E-state index >= 15 is 0 Å². The molecule has 2 heterocycles. The van der Waals surface area contributed by atoms with Gasteiger partial charge in [-0.3, -0.25) is 0 Å². The van der Waals surface area contributed by atoms with Crippen molar-refractivity contribution in [3.63, 3.8) is 0 Å². The summed E-state index contributed by atoms with van der Waals surface area (Å²) in [6, 6.07) is 0. The van der Waals surface area contributed by atoms with Gasteiger partial charge in [0, 0.05) is 39.9 Å². The average molecular weight is 599 g/mol. The van der Waals surface area contributed by atoms with Crippen LogP contribution < -0.4 is 0 Å². The molecule has 0 spiro atoms. The van der Waals surface area contributed by atoms with Crippen LogP contribution in [0.4, 0.5) is 0 Å². The highest BCUT2D eigenvalue weighted by Crippen LogP contribution is 2.34. The molecular formula is C32H58N2O4S2+2. The van der Waals surface area contributed by atoms with E-state index in [4.69, 9.17) is 9.47 Å². The van der Waals surface area contributed by atoms with Gasteiger partial charge < -0.3 is 19.7 Å². The zero-order valence-electron chi connectivity index (χ0n) is 25.3. The summed E-state index contributed by atoms with van der Waals surface area (Å²) in [5.74, 6) is 5.33. The Hall–Kier alpha value is -0.120. The Bertz CT molecular complexity index is 733. The molecule has 2 N–H and O–H groups in total. The first-order chi connectivity index (χ1) is 19.5. The summed E-state index contributed by atoms with van der Waals surface area (Å²) in [6.45, 7) is 4.79. The van der Waals surface area contributed by atoms with Crippen LogP contribution in [-0.2, 0) is 9.47 Å². The van der Waals surface area contributed by atoms with Crippen LogP contribution in [0.3, 0.4) is 0 Å². The smallest absolute Gasteiger partial charge is 0.152 e. The van der Waals surface area contributed by atoms with Gasteiger partial charge in [0.25, 0.3) is 0 Å². The van der Waals surface area contributed by atoms with Crippen molar-refractivity contribution in [1.82, 2.24) is 0 Å². The molecule has 0 radical (unpaired) electrons. The molecule has 6 nitrogen and oxygen atoms in total. The molecule has 8 heteroatoms. The van der Waals surface area contributed by atoms with Crippen LogP contribution in [0.25, 0.3) is 0 Å². The minimum absolute atomic E-state index is 0.158. The van der Waals surface area contributed by atoms with Gasteiger partial charge in [0.1, 0.15) is 25.5 Å². The van der Waals surface area contributed by atoms with Crippen LogP contribution in [0.2, 0.25) is 0 Å². The molecule has 0 saturated heterocycles. The van der Waals surface area contributed by atoms with Crippen molar-refractivity contribution < 1.29 is 28.8 Å². The van der Waals surface area contributed by atoms with Crippen molar-refractivity contribution in [1.29, 1.82) is 0 Å². The van der Waals surface area contributed by atoms with E-state index < -0.39 is 0 Å². The fourth-order valence-corrected chi connectivity index (χ4v) is 9.56. The van der Waals surface area contributed by atoms with Crippen LogP contribution in [0, 0.1) is 23.7 Å². The van der Waals surface area contributed by atoms with Gasteiger partial charge in [-0.2, -0.15) is 0 Å². The largest absolute Gasteiger partial charge is 0.393 e. The summed E-state index contributed by atoms with van der Waals surface area (Å²) in [5, 5.41) is 19.9. The molecule has 8 unspecified atom stereocenters. The quantitative estimate of drug-likeness (QED) is 0.152. The fraction of sp³-hybridized carbons (Fsp3) is 0.938. The van der Waals surface area contributed by atoms with Gasteiger partial charge in [-0.25, -0.2) is 9.15 Å². The first-order valence-electron chi connectivity index (χ1n) is 16.3. The molecule has 2 saturated carbocycles. The molecule has 2 aliphatic heterocycles. The molecule has 40 heavy (non-hydrogen) atoms. The third-order valence-electron chi connectivity index (χ3n) is 10.3. The van der Waals surface area contributed by atoms with Crippen molar-refractivity contribution >= 4 is 34.0 Å². The van der Waals surface area contributed by atoms with E-state index in [2.05, 4.69) is 21.6 Å². The zero-order valence-corrected chi connectivity index (χ0v) is 27.0. The van der Waals surface area contributed by atoms with Gasteiger partial charge in [0.15, 0.2) is 13.1 Å². The number of methoxy groups -OCH3 is 2. The molecule has 0 bridgehead atoms. The number of hydrogen-bond acceptors (Lipinski definition) is 6. The lowest BCUT2D eigenvalue weighted by Crippen LogP contribution is -2.34. The molecule has 0 amide bonds. The van der Waals surface area contributed by atoms with Crippen molar-refractivity contribution in [3.05, 3.63) is 0 Å². The van der Waals surface area contributed by atoms with Gasteiger partial charge >= 0.3 is 0 Å². The van der Waals surface area contributed by atoms with Crippen LogP contribution in [0.5, 0.6) is 0 Å². The number of nitrogens with zero attached hydrogens (tertiary/aromatic N) is 2. The van der Waals surface area contributed by atoms with Gasteiger partial charge in [0.05, 0.1) is 35.9 Å². The van der Waals surface area contributed by atoms with Crippen LogP contribution >= 0.6 is 21.6 Å². The first kappa shape index (κ1) is 32.8. The summed E-state index contributed by atoms with van der Waals surface area (Å²) >= 11 is 0. The number of aliphatic hydroxyl groups is 2. The lowest BCUT2D eigenvalue weighted by Gasteiger charge is -2.34. The third-order valence-corrected chi connectivity index (χ3v) is 12.7. The Balaban J connectivity index is 1.01. The zero-order chi connectivity index (χ0) is 28.2. The predicted molar refractivity (Wildman–Crippen MR) is 169 cm³/mol. The van der Waals surface area contributed by atoms with Crippen LogP contribution in [0.15, 0.2) is 0 Å². The van der Waals surface area contributed by atoms with E-state index in [0.29, 0.717) is 11.8 Å². The Morgan fingerprint density at radius 1 is 0.650 bits per heavy atom. The number of ether oxygens (including phenoxy) is 2. The molecule has 0 aromatic rings. The Morgan fingerprint density at radius 2 is 1.10 bits per heavy atom. The highest BCUT2D eigenvalue weighted by Gasteiger charge is 2.32. The normalized spacial score (nSPS) is 35.3. The van der Waals surface area contributed by atoms with Crippen molar-refractivity contribution in [2.75, 3.05) is 51.9 Å². The molecule has 2 fully saturated rings. The topological polar surface area (TPSA) is 64.9 Å². The number of rotatable bonds is 15. The maximum atomic E-state index is 9.93. The van der Waals surface area contributed by atoms with Crippen molar-refractivity contribution in [3.8, 4) is 0 Å². The molecule has 4 rings (SSSR count). The molecule has 230 valence electrons. The third kappa shape index (κ3) is 10.9. The standard InChI is InChI=1S/C32H58N2O4S2/c1-37-31-23-29(35)9-7-27(31)5-3-25-11-15-33(16-12-25)19-21-39-40-22-20-34-17-13-26(14-18-34)4-6-28-8-10-30(36)24-32(28)38-2/h15,17,25-32,35-36H,3-14,16,18-24H2,1-2H3/q+2. The Labute approximate surface area is 252 Å². The van der Waals surface area contributed by atoms with E-state index in [9.17, 15) is 10.2 Å². The van der Waals surface area contributed by atoms with Crippen LogP contribution in [-0.4, -0.2) is 108 Å². The van der Waals surface area contributed by atoms with Gasteiger partial charge in [-0.1, -0.05) is 21.6 Å². The Kier molecular flexibility index (Phi) is 14.6. The van der Waals surface area contributed by atoms with Crippen molar-refractivity contribution in [2.45, 2.75) is 114 Å². The summed E-state index contributed by atoms with van der Waals surface area (Å²) < 4.78 is 16.5. The van der Waals surface area contributed by atoms with Crippen LogP contribution in [0.1, 0.15) is 89.9 Å². The van der Waals surface area contributed by atoms with E-state index in [1.54, 1.807) is 0 Å². The van der Waals surface area contributed by atoms with Gasteiger partial charge in [-0.15, -0.1) is 0 Å². The fourth-order valence-electron chi connectivity index (χ4n) is 7.55. The maximum absolute atomic E-state index is 9.93. The molecule has 0 aromatic carbocycles. The molecule has 4 aliphatic rings. The Morgan fingerprint density at radius 3 is 1.48 bits per heavy atom. The highest BCUT2D eigenvalue weighted by atomic mass is 33.1. The number of aliphatic hydroxyl groups excluding tert-OH is 2. The van der Waals surface area contributed by atoms with E-state index in [1.807, 2.05) is 35.8 Å². The highest BCUT2D eigenvalue weighted by molar-refractivity contribution is 8.76. The van der Waals surface area contributed by atoms with Crippen molar-refractivity contribution in [2.24, 2.45) is 23.7 Å². The summed E-state index contributed by atoms with van der Waals surface area (Å²) in [6.07, 6.45) is 21.2. The molecular weight excluding hydrogens is 540 g/mol. The number of hydrogen-bond donors (Lipinski definition) is 2. The second kappa shape index (κ2) is 17.9. The molecule has 2 aliphatic carbocycles. The van der Waals surface area contributed by atoms with Gasteiger partial charge in [-0.05, 0) is 87.9 Å². The monoisotopic (exact) mass is 598 g/mol. The second-order valence-electron chi connectivity index (χ2n) is 13.0. The van der Waals surface area contributed by atoms with E-state index in [1.165, 1.54) is 89.1 Å². The minimum atomic E-state index is -0.158. The average Bonchev–Trinajstić information content (AvgIpc) is 2.98. The lowest BCUT2D eigenvalue weighted by molar-refractivity contribution is -0.525.